The van der Waals surface area contributed by atoms with E-state index in [9.17, 15) is 5.11 Å². The predicted octanol–water partition coefficient (Wildman–Crippen LogP) is 2.17. The summed E-state index contributed by atoms with van der Waals surface area (Å²) < 4.78 is 5.23. The molecule has 0 aliphatic heterocycles. The lowest BCUT2D eigenvalue weighted by Crippen LogP contribution is -2.42. The third-order valence-corrected chi connectivity index (χ3v) is 4.07. The Kier molecular flexibility index (Phi) is 3.40. The molecule has 1 saturated carbocycles. The Labute approximate surface area is 103 Å². The van der Waals surface area contributed by atoms with Crippen LogP contribution in [-0.4, -0.2) is 18.8 Å². The normalized spacial score (nSPS) is 19.5. The van der Waals surface area contributed by atoms with Gasteiger partial charge in [-0.1, -0.05) is 12.5 Å². The number of nitrogens with two attached hydrogens (primary N) is 1. The van der Waals surface area contributed by atoms with Crippen LogP contribution in [0.1, 0.15) is 36.5 Å². The first-order chi connectivity index (χ1) is 8.13. The number of ether oxygens (including phenoxy) is 1. The SMILES string of the molecule is COc1ccc(C(O)C2(CN)CCC2)cc1C. The van der Waals surface area contributed by atoms with Gasteiger partial charge >= 0.3 is 0 Å². The van der Waals surface area contributed by atoms with Crippen LogP contribution >= 0.6 is 0 Å². The van der Waals surface area contributed by atoms with E-state index in [1.165, 1.54) is 6.42 Å². The third kappa shape index (κ3) is 2.05. The Morgan fingerprint density at radius 1 is 1.47 bits per heavy atom. The van der Waals surface area contributed by atoms with Gasteiger partial charge in [-0.05, 0) is 43.0 Å². The number of hydrogen-bond donors (Lipinski definition) is 2. The molecule has 0 saturated heterocycles. The van der Waals surface area contributed by atoms with E-state index in [1.54, 1.807) is 7.11 Å². The third-order valence-electron chi connectivity index (χ3n) is 4.07. The van der Waals surface area contributed by atoms with Crippen molar-refractivity contribution < 1.29 is 9.84 Å². The highest BCUT2D eigenvalue weighted by Gasteiger charge is 2.42. The summed E-state index contributed by atoms with van der Waals surface area (Å²) in [5.74, 6) is 0.858. The average Bonchev–Trinajstić information content (AvgIpc) is 2.28. The molecule has 2 rings (SSSR count). The minimum Gasteiger partial charge on any atom is -0.496 e. The molecular formula is C14H21NO2. The lowest BCUT2D eigenvalue weighted by molar-refractivity contribution is -0.0297. The van der Waals surface area contributed by atoms with Gasteiger partial charge in [-0.3, -0.25) is 0 Å². The van der Waals surface area contributed by atoms with Gasteiger partial charge in [-0.15, -0.1) is 0 Å². The molecule has 1 atom stereocenters. The second-order valence-electron chi connectivity index (χ2n) is 5.05. The van der Waals surface area contributed by atoms with Crippen LogP contribution in [0.5, 0.6) is 5.75 Å². The van der Waals surface area contributed by atoms with Crippen molar-refractivity contribution >= 4 is 0 Å². The zero-order valence-electron chi connectivity index (χ0n) is 10.6. The fraction of sp³-hybridized carbons (Fsp3) is 0.571. The number of hydrogen-bond acceptors (Lipinski definition) is 3. The number of rotatable bonds is 4. The molecule has 0 heterocycles. The van der Waals surface area contributed by atoms with Crippen LogP contribution in [0, 0.1) is 12.3 Å². The van der Waals surface area contributed by atoms with E-state index in [1.807, 2.05) is 25.1 Å². The number of aryl methyl sites for hydroxylation is 1. The zero-order chi connectivity index (χ0) is 12.5. The Morgan fingerprint density at radius 3 is 2.59 bits per heavy atom. The van der Waals surface area contributed by atoms with Crippen LogP contribution in [0.2, 0.25) is 0 Å². The molecule has 3 heteroatoms. The van der Waals surface area contributed by atoms with Crippen LogP contribution in [0.4, 0.5) is 0 Å². The first-order valence-corrected chi connectivity index (χ1v) is 6.15. The molecule has 1 aromatic rings. The summed E-state index contributed by atoms with van der Waals surface area (Å²) in [6.45, 7) is 2.55. The van der Waals surface area contributed by atoms with Crippen LogP contribution in [0.3, 0.4) is 0 Å². The van der Waals surface area contributed by atoms with Crippen molar-refractivity contribution in [1.29, 1.82) is 0 Å². The number of aliphatic hydroxyl groups is 1. The Hall–Kier alpha value is -1.06. The molecule has 1 unspecified atom stereocenters. The summed E-state index contributed by atoms with van der Waals surface area (Å²) in [7, 11) is 1.66. The second kappa shape index (κ2) is 4.67. The number of aliphatic hydroxyl groups excluding tert-OH is 1. The summed E-state index contributed by atoms with van der Waals surface area (Å²) in [5.41, 5.74) is 7.72. The summed E-state index contributed by atoms with van der Waals surface area (Å²) in [4.78, 5) is 0. The van der Waals surface area contributed by atoms with Crippen molar-refractivity contribution in [2.75, 3.05) is 13.7 Å². The fourth-order valence-electron chi connectivity index (χ4n) is 2.65. The van der Waals surface area contributed by atoms with Gasteiger partial charge in [-0.25, -0.2) is 0 Å². The number of methoxy groups -OCH3 is 1. The van der Waals surface area contributed by atoms with E-state index in [0.29, 0.717) is 6.54 Å². The maximum atomic E-state index is 10.5. The van der Waals surface area contributed by atoms with Gasteiger partial charge in [0.15, 0.2) is 0 Å². The van der Waals surface area contributed by atoms with Gasteiger partial charge in [0.25, 0.3) is 0 Å². The van der Waals surface area contributed by atoms with E-state index in [4.69, 9.17) is 10.5 Å². The predicted molar refractivity (Wildman–Crippen MR) is 68.0 cm³/mol. The highest BCUT2D eigenvalue weighted by atomic mass is 16.5. The minimum atomic E-state index is -0.453. The molecule has 0 aromatic heterocycles. The number of benzene rings is 1. The minimum absolute atomic E-state index is 0.0962. The highest BCUT2D eigenvalue weighted by molar-refractivity contribution is 5.37. The maximum absolute atomic E-state index is 10.5. The Balaban J connectivity index is 2.25. The van der Waals surface area contributed by atoms with E-state index in [0.717, 1.165) is 29.7 Å². The molecule has 94 valence electrons. The summed E-state index contributed by atoms with van der Waals surface area (Å²) in [6.07, 6.45) is 2.76. The van der Waals surface area contributed by atoms with Crippen molar-refractivity contribution in [3.63, 3.8) is 0 Å². The van der Waals surface area contributed by atoms with Crippen molar-refractivity contribution in [3.8, 4) is 5.75 Å². The zero-order valence-corrected chi connectivity index (χ0v) is 10.6. The lowest BCUT2D eigenvalue weighted by Gasteiger charge is -2.45. The first-order valence-electron chi connectivity index (χ1n) is 6.15. The summed E-state index contributed by atoms with van der Waals surface area (Å²) >= 11 is 0. The molecule has 1 fully saturated rings. The van der Waals surface area contributed by atoms with Gasteiger partial charge in [0.05, 0.1) is 13.2 Å². The van der Waals surface area contributed by atoms with Crippen LogP contribution < -0.4 is 10.5 Å². The molecule has 3 nitrogen and oxygen atoms in total. The largest absolute Gasteiger partial charge is 0.496 e. The average molecular weight is 235 g/mol. The molecule has 0 radical (unpaired) electrons. The van der Waals surface area contributed by atoms with E-state index in [-0.39, 0.29) is 5.41 Å². The molecule has 0 spiro atoms. The lowest BCUT2D eigenvalue weighted by atomic mass is 9.63. The molecule has 1 aromatic carbocycles. The summed E-state index contributed by atoms with van der Waals surface area (Å²) in [6, 6.07) is 5.85. The smallest absolute Gasteiger partial charge is 0.121 e. The van der Waals surface area contributed by atoms with Crippen molar-refractivity contribution in [2.24, 2.45) is 11.1 Å². The van der Waals surface area contributed by atoms with E-state index < -0.39 is 6.10 Å². The molecule has 17 heavy (non-hydrogen) atoms. The second-order valence-corrected chi connectivity index (χ2v) is 5.05. The maximum Gasteiger partial charge on any atom is 0.121 e. The fourth-order valence-corrected chi connectivity index (χ4v) is 2.65. The Bertz CT molecular complexity index is 394. The van der Waals surface area contributed by atoms with Crippen molar-refractivity contribution in [1.82, 2.24) is 0 Å². The summed E-state index contributed by atoms with van der Waals surface area (Å²) in [5, 5.41) is 10.5. The first kappa shape index (κ1) is 12.4. The van der Waals surface area contributed by atoms with Crippen LogP contribution in [0.25, 0.3) is 0 Å². The van der Waals surface area contributed by atoms with Crippen molar-refractivity contribution in [2.45, 2.75) is 32.3 Å². The Morgan fingerprint density at radius 2 is 2.18 bits per heavy atom. The molecule has 3 N–H and O–H groups in total. The molecular weight excluding hydrogens is 214 g/mol. The van der Waals surface area contributed by atoms with Crippen LogP contribution in [-0.2, 0) is 0 Å². The van der Waals surface area contributed by atoms with Gasteiger partial charge in [0.1, 0.15) is 5.75 Å². The van der Waals surface area contributed by atoms with Crippen molar-refractivity contribution in [3.05, 3.63) is 29.3 Å². The van der Waals surface area contributed by atoms with Gasteiger partial charge < -0.3 is 15.6 Å². The van der Waals surface area contributed by atoms with E-state index >= 15 is 0 Å². The topological polar surface area (TPSA) is 55.5 Å². The standard InChI is InChI=1S/C14H21NO2/c1-10-8-11(4-5-12(10)17-2)13(16)14(9-15)6-3-7-14/h4-5,8,13,16H,3,6-7,9,15H2,1-2H3. The molecule has 1 aliphatic rings. The molecule has 0 bridgehead atoms. The quantitative estimate of drug-likeness (QED) is 0.841. The van der Waals surface area contributed by atoms with Crippen LogP contribution in [0.15, 0.2) is 18.2 Å². The van der Waals surface area contributed by atoms with E-state index in [2.05, 4.69) is 0 Å². The monoisotopic (exact) mass is 235 g/mol. The molecule has 0 amide bonds. The van der Waals surface area contributed by atoms with Gasteiger partial charge in [-0.2, -0.15) is 0 Å². The molecule has 1 aliphatic carbocycles. The van der Waals surface area contributed by atoms with Gasteiger partial charge in [0.2, 0.25) is 0 Å². The van der Waals surface area contributed by atoms with Gasteiger partial charge in [0, 0.05) is 12.0 Å². The highest BCUT2D eigenvalue weighted by Crippen LogP contribution is 2.49.